The van der Waals surface area contributed by atoms with E-state index in [0.717, 1.165) is 17.8 Å². The second-order valence-electron chi connectivity index (χ2n) is 4.59. The lowest BCUT2D eigenvalue weighted by Gasteiger charge is -2.06. The zero-order chi connectivity index (χ0) is 13.4. The van der Waals surface area contributed by atoms with Crippen LogP contribution in [0.5, 0.6) is 0 Å². The fourth-order valence-electron chi connectivity index (χ4n) is 2.12. The number of carboxylic acids is 1. The van der Waals surface area contributed by atoms with Crippen molar-refractivity contribution in [1.29, 1.82) is 0 Å². The summed E-state index contributed by atoms with van der Waals surface area (Å²) >= 11 is 1.52. The smallest absolute Gasteiger partial charge is 0.338 e. The van der Waals surface area contributed by atoms with Crippen LogP contribution >= 0.6 is 11.3 Å². The van der Waals surface area contributed by atoms with Gasteiger partial charge in [0, 0.05) is 11.4 Å². The largest absolute Gasteiger partial charge is 0.478 e. The average Bonchev–Trinajstić information content (AvgIpc) is 3.07. The highest BCUT2D eigenvalue weighted by molar-refractivity contribution is 7.10. The molecule has 1 fully saturated rings. The van der Waals surface area contributed by atoms with Gasteiger partial charge in [-0.25, -0.2) is 9.78 Å². The minimum absolute atomic E-state index is 0.0580. The number of aromatic nitrogens is 1. The summed E-state index contributed by atoms with van der Waals surface area (Å²) in [7, 11) is 0. The molecule has 1 aliphatic heterocycles. The van der Waals surface area contributed by atoms with Gasteiger partial charge in [-0.2, -0.15) is 0 Å². The molecule has 19 heavy (non-hydrogen) atoms. The molecule has 100 valence electrons. The Bertz CT molecular complexity index is 603. The second kappa shape index (κ2) is 4.79. The first-order chi connectivity index (χ1) is 9.13. The zero-order valence-electron chi connectivity index (χ0n) is 10.3. The van der Waals surface area contributed by atoms with Crippen LogP contribution in [0.3, 0.4) is 0 Å². The molecule has 3 heterocycles. The van der Waals surface area contributed by atoms with Gasteiger partial charge in [-0.05, 0) is 19.8 Å². The number of rotatable bonds is 3. The Balaban J connectivity index is 1.82. The maximum atomic E-state index is 10.8. The van der Waals surface area contributed by atoms with Crippen LogP contribution < -0.4 is 0 Å². The number of carboxylic acid groups (broad SMARTS) is 1. The van der Waals surface area contributed by atoms with Gasteiger partial charge in [-0.15, -0.1) is 11.3 Å². The maximum Gasteiger partial charge on any atom is 0.338 e. The Morgan fingerprint density at radius 1 is 1.53 bits per heavy atom. The topological polar surface area (TPSA) is 72.6 Å². The molecule has 1 aliphatic rings. The van der Waals surface area contributed by atoms with E-state index in [-0.39, 0.29) is 17.8 Å². The number of hydrogen-bond acceptors (Lipinski definition) is 5. The van der Waals surface area contributed by atoms with Crippen molar-refractivity contribution < 1.29 is 19.1 Å². The van der Waals surface area contributed by atoms with Crippen LogP contribution in [-0.2, 0) is 4.74 Å². The van der Waals surface area contributed by atoms with Crippen molar-refractivity contribution in [3.05, 3.63) is 28.3 Å². The van der Waals surface area contributed by atoms with Crippen molar-refractivity contribution in [3.63, 3.8) is 0 Å². The highest BCUT2D eigenvalue weighted by Gasteiger charge is 2.26. The van der Waals surface area contributed by atoms with Gasteiger partial charge in [0.25, 0.3) is 0 Å². The molecular weight excluding hydrogens is 266 g/mol. The van der Waals surface area contributed by atoms with Crippen molar-refractivity contribution in [1.82, 2.24) is 4.98 Å². The Kier molecular flexibility index (Phi) is 3.12. The molecule has 2 aromatic rings. The van der Waals surface area contributed by atoms with Gasteiger partial charge in [-0.3, -0.25) is 0 Å². The Morgan fingerprint density at radius 3 is 3.00 bits per heavy atom. The van der Waals surface area contributed by atoms with E-state index >= 15 is 0 Å². The molecule has 0 aliphatic carbocycles. The molecule has 1 saturated heterocycles. The average molecular weight is 279 g/mol. The van der Waals surface area contributed by atoms with Gasteiger partial charge in [0.15, 0.2) is 5.76 Å². The van der Waals surface area contributed by atoms with Gasteiger partial charge >= 0.3 is 5.97 Å². The first-order valence-electron chi connectivity index (χ1n) is 6.06. The predicted octanol–water partition coefficient (Wildman–Crippen LogP) is 3.34. The van der Waals surface area contributed by atoms with Crippen molar-refractivity contribution in [2.45, 2.75) is 32.0 Å². The van der Waals surface area contributed by atoms with Gasteiger partial charge in [0.05, 0.1) is 11.7 Å². The first-order valence-corrected chi connectivity index (χ1v) is 6.94. The number of nitrogens with zero attached hydrogens (tertiary/aromatic N) is 1. The predicted molar refractivity (Wildman–Crippen MR) is 69.3 cm³/mol. The van der Waals surface area contributed by atoms with Crippen molar-refractivity contribution in [2.75, 3.05) is 0 Å². The summed E-state index contributed by atoms with van der Waals surface area (Å²) in [6.45, 7) is 2.06. The molecule has 0 bridgehead atoms. The minimum atomic E-state index is -1.00. The van der Waals surface area contributed by atoms with E-state index in [2.05, 4.69) is 11.9 Å². The lowest BCUT2D eigenvalue weighted by molar-refractivity contribution is 0.0554. The molecule has 1 N–H and O–H groups in total. The van der Waals surface area contributed by atoms with Gasteiger partial charge in [-0.1, -0.05) is 0 Å². The number of ether oxygens (including phenoxy) is 1. The monoisotopic (exact) mass is 279 g/mol. The van der Waals surface area contributed by atoms with Crippen molar-refractivity contribution in [2.24, 2.45) is 0 Å². The molecule has 0 aromatic carbocycles. The molecule has 0 saturated carbocycles. The third kappa shape index (κ3) is 2.41. The van der Waals surface area contributed by atoms with E-state index in [9.17, 15) is 4.79 Å². The quantitative estimate of drug-likeness (QED) is 0.932. The molecule has 2 aromatic heterocycles. The van der Waals surface area contributed by atoms with Crippen LogP contribution in [0.15, 0.2) is 22.1 Å². The van der Waals surface area contributed by atoms with Gasteiger partial charge in [0.2, 0.25) is 0 Å². The van der Waals surface area contributed by atoms with E-state index in [1.165, 1.54) is 23.7 Å². The molecule has 2 unspecified atom stereocenters. The summed E-state index contributed by atoms with van der Waals surface area (Å²) < 4.78 is 11.0. The van der Waals surface area contributed by atoms with E-state index in [0.29, 0.717) is 11.5 Å². The number of thiazole rings is 1. The third-order valence-corrected chi connectivity index (χ3v) is 4.06. The normalized spacial score (nSPS) is 22.8. The van der Waals surface area contributed by atoms with Gasteiger partial charge in [0.1, 0.15) is 23.1 Å². The van der Waals surface area contributed by atoms with E-state index in [1.54, 1.807) is 0 Å². The summed E-state index contributed by atoms with van der Waals surface area (Å²) in [6, 6.07) is 1.49. The lowest BCUT2D eigenvalue weighted by atomic mass is 10.2. The van der Waals surface area contributed by atoms with E-state index < -0.39 is 5.97 Å². The SMILES string of the molecule is CC1CCC(c2nc(-c3cc(C(=O)O)co3)cs2)O1. The summed E-state index contributed by atoms with van der Waals surface area (Å²) in [5, 5.41) is 11.6. The maximum absolute atomic E-state index is 10.8. The summed E-state index contributed by atoms with van der Waals surface area (Å²) in [5.74, 6) is -0.524. The van der Waals surface area contributed by atoms with Gasteiger partial charge < -0.3 is 14.3 Å². The van der Waals surface area contributed by atoms with Crippen LogP contribution in [0.4, 0.5) is 0 Å². The lowest BCUT2D eigenvalue weighted by Crippen LogP contribution is -2.00. The van der Waals surface area contributed by atoms with Crippen LogP contribution in [0, 0.1) is 0 Å². The summed E-state index contributed by atoms with van der Waals surface area (Å²) in [5.41, 5.74) is 0.797. The molecule has 6 heteroatoms. The third-order valence-electron chi connectivity index (χ3n) is 3.13. The molecule has 0 spiro atoms. The summed E-state index contributed by atoms with van der Waals surface area (Å²) in [6.07, 6.45) is 3.59. The van der Waals surface area contributed by atoms with Crippen molar-refractivity contribution in [3.8, 4) is 11.5 Å². The Hall–Kier alpha value is -1.66. The molecule has 0 radical (unpaired) electrons. The zero-order valence-corrected chi connectivity index (χ0v) is 11.1. The molecule has 5 nitrogen and oxygen atoms in total. The van der Waals surface area contributed by atoms with Crippen LogP contribution in [-0.4, -0.2) is 22.2 Å². The number of carbonyl (C=O) groups is 1. The van der Waals surface area contributed by atoms with Crippen molar-refractivity contribution >= 4 is 17.3 Å². The molecular formula is C13H13NO4S. The number of hydrogen-bond donors (Lipinski definition) is 1. The fourth-order valence-corrected chi connectivity index (χ4v) is 2.99. The minimum Gasteiger partial charge on any atom is -0.478 e. The second-order valence-corrected chi connectivity index (χ2v) is 5.48. The Labute approximate surface area is 113 Å². The first kappa shape index (κ1) is 12.4. The molecule has 0 amide bonds. The summed E-state index contributed by atoms with van der Waals surface area (Å²) in [4.78, 5) is 15.3. The highest BCUT2D eigenvalue weighted by atomic mass is 32.1. The Morgan fingerprint density at radius 2 is 2.37 bits per heavy atom. The standard InChI is InChI=1S/C13H13NO4S/c1-7-2-3-10(18-7)12-14-9(6-19-12)11-4-8(5-17-11)13(15)16/h4-7,10H,2-3H2,1H3,(H,15,16). The van der Waals surface area contributed by atoms with Crippen LogP contribution in [0.2, 0.25) is 0 Å². The van der Waals surface area contributed by atoms with Crippen LogP contribution in [0.25, 0.3) is 11.5 Å². The highest BCUT2D eigenvalue weighted by Crippen LogP contribution is 2.36. The fraction of sp³-hybridized carbons (Fsp3) is 0.385. The number of furan rings is 1. The van der Waals surface area contributed by atoms with Crippen LogP contribution in [0.1, 0.15) is 41.2 Å². The molecule has 2 atom stereocenters. The van der Waals surface area contributed by atoms with E-state index in [4.69, 9.17) is 14.3 Å². The molecule has 3 rings (SSSR count). The number of aromatic carboxylic acids is 1. The van der Waals surface area contributed by atoms with E-state index in [1.807, 2.05) is 5.38 Å².